The van der Waals surface area contributed by atoms with Crippen LogP contribution < -0.4 is 10.6 Å². The number of nitrogens with one attached hydrogen (secondary N) is 2. The van der Waals surface area contributed by atoms with Crippen molar-refractivity contribution < 1.29 is 14.3 Å². The van der Waals surface area contributed by atoms with E-state index in [-0.39, 0.29) is 5.91 Å². The zero-order valence-electron chi connectivity index (χ0n) is 15.6. The molecule has 2 N–H and O–H groups in total. The van der Waals surface area contributed by atoms with E-state index in [1.54, 1.807) is 5.51 Å². The van der Waals surface area contributed by atoms with Crippen molar-refractivity contribution in [2.24, 2.45) is 0 Å². The number of ether oxygens (including phenoxy) is 1. The fourth-order valence-corrected chi connectivity index (χ4v) is 3.84. The lowest BCUT2D eigenvalue weighted by atomic mass is 9.90. The monoisotopic (exact) mass is 367 g/mol. The predicted molar refractivity (Wildman–Crippen MR) is 99.0 cm³/mol. The van der Waals surface area contributed by atoms with Gasteiger partial charge in [-0.25, -0.2) is 9.78 Å². The van der Waals surface area contributed by atoms with Gasteiger partial charge in [-0.1, -0.05) is 25.7 Å². The van der Waals surface area contributed by atoms with E-state index in [1.165, 1.54) is 11.3 Å². The summed E-state index contributed by atoms with van der Waals surface area (Å²) in [6.07, 6.45) is 5.63. The molecule has 1 aliphatic carbocycles. The van der Waals surface area contributed by atoms with Gasteiger partial charge < -0.3 is 15.4 Å². The highest BCUT2D eigenvalue weighted by molar-refractivity contribution is 7.11. The summed E-state index contributed by atoms with van der Waals surface area (Å²) in [4.78, 5) is 29.5. The molecule has 140 valence electrons. The van der Waals surface area contributed by atoms with Gasteiger partial charge in [-0.2, -0.15) is 0 Å². The Hall–Kier alpha value is -1.63. The van der Waals surface area contributed by atoms with Gasteiger partial charge in [0.05, 0.1) is 16.7 Å². The first-order valence-corrected chi connectivity index (χ1v) is 9.78. The summed E-state index contributed by atoms with van der Waals surface area (Å²) in [5.74, 6) is -0.130. The molecule has 25 heavy (non-hydrogen) atoms. The maximum atomic E-state index is 12.4. The number of amides is 2. The molecule has 0 saturated heterocycles. The normalized spacial score (nSPS) is 17.4. The largest absolute Gasteiger partial charge is 0.444 e. The van der Waals surface area contributed by atoms with Crippen molar-refractivity contribution in [3.63, 3.8) is 0 Å². The van der Waals surface area contributed by atoms with Crippen LogP contribution in [0.15, 0.2) is 5.51 Å². The van der Waals surface area contributed by atoms with Gasteiger partial charge in [0.15, 0.2) is 0 Å². The number of thiazole rings is 1. The smallest absolute Gasteiger partial charge is 0.408 e. The molecule has 0 unspecified atom stereocenters. The molecule has 1 aromatic rings. The number of alkyl carbamates (subject to hydrolysis) is 1. The lowest BCUT2D eigenvalue weighted by Crippen LogP contribution is -2.56. The van der Waals surface area contributed by atoms with Crippen molar-refractivity contribution in [1.29, 1.82) is 0 Å². The molecule has 7 heteroatoms. The zero-order valence-corrected chi connectivity index (χ0v) is 16.4. The van der Waals surface area contributed by atoms with E-state index in [1.807, 2.05) is 27.7 Å². The van der Waals surface area contributed by atoms with E-state index < -0.39 is 17.2 Å². The number of carbonyl (C=O) groups is 2. The first-order chi connectivity index (χ1) is 11.7. The summed E-state index contributed by atoms with van der Waals surface area (Å²) in [5, 5.41) is 6.05. The molecule has 2 amide bonds. The maximum absolute atomic E-state index is 12.4. The second kappa shape index (κ2) is 8.17. The van der Waals surface area contributed by atoms with Crippen molar-refractivity contribution in [3.8, 4) is 0 Å². The van der Waals surface area contributed by atoms with E-state index in [4.69, 9.17) is 4.74 Å². The number of aryl methyl sites for hydroxylation is 1. The minimum Gasteiger partial charge on any atom is -0.444 e. The fraction of sp³-hybridized carbons (Fsp3) is 0.722. The van der Waals surface area contributed by atoms with Crippen molar-refractivity contribution in [3.05, 3.63) is 16.1 Å². The maximum Gasteiger partial charge on any atom is 0.408 e. The summed E-state index contributed by atoms with van der Waals surface area (Å²) in [7, 11) is 0. The minimum atomic E-state index is -0.543. The van der Waals surface area contributed by atoms with Crippen LogP contribution in [0.1, 0.15) is 74.7 Å². The first kappa shape index (κ1) is 19.7. The number of aromatic nitrogens is 1. The van der Waals surface area contributed by atoms with Crippen LogP contribution in [0.25, 0.3) is 0 Å². The molecule has 1 heterocycles. The van der Waals surface area contributed by atoms with Crippen LogP contribution in [-0.2, 0) is 4.74 Å². The third kappa shape index (κ3) is 5.99. The standard InChI is InChI=1S/C18H29N3O3S/c1-13-14(25-12-20-13)15(22)19-11-18(9-7-5-6-8-10-18)21-16(23)24-17(2,3)4/h12H,5-11H2,1-4H3,(H,19,22)(H,21,23). The van der Waals surface area contributed by atoms with E-state index in [2.05, 4.69) is 15.6 Å². The predicted octanol–water partition coefficient (Wildman–Crippen LogP) is 3.80. The zero-order chi connectivity index (χ0) is 18.5. The Morgan fingerprint density at radius 2 is 1.88 bits per heavy atom. The van der Waals surface area contributed by atoms with Crippen molar-refractivity contribution in [2.45, 2.75) is 77.4 Å². The van der Waals surface area contributed by atoms with E-state index >= 15 is 0 Å². The quantitative estimate of drug-likeness (QED) is 0.793. The molecular weight excluding hydrogens is 338 g/mol. The van der Waals surface area contributed by atoms with Gasteiger partial charge in [0, 0.05) is 6.54 Å². The van der Waals surface area contributed by atoms with Gasteiger partial charge in [-0.3, -0.25) is 4.79 Å². The molecule has 0 aliphatic heterocycles. The molecule has 1 aliphatic rings. The van der Waals surface area contributed by atoms with Crippen molar-refractivity contribution in [2.75, 3.05) is 6.54 Å². The van der Waals surface area contributed by atoms with Crippen molar-refractivity contribution >= 4 is 23.3 Å². The molecule has 2 rings (SSSR count). The van der Waals surface area contributed by atoms with Gasteiger partial charge >= 0.3 is 6.09 Å². The summed E-state index contributed by atoms with van der Waals surface area (Å²) in [6.45, 7) is 7.77. The molecule has 0 spiro atoms. The number of carbonyl (C=O) groups excluding carboxylic acids is 2. The third-order valence-corrected chi connectivity index (χ3v) is 5.29. The molecular formula is C18H29N3O3S. The lowest BCUT2D eigenvalue weighted by molar-refractivity contribution is 0.0437. The minimum absolute atomic E-state index is 0.130. The van der Waals surface area contributed by atoms with Crippen molar-refractivity contribution in [1.82, 2.24) is 15.6 Å². The van der Waals surface area contributed by atoms with E-state index in [0.29, 0.717) is 11.4 Å². The molecule has 6 nitrogen and oxygen atoms in total. The van der Waals surface area contributed by atoms with Gasteiger partial charge in [0.1, 0.15) is 10.5 Å². The van der Waals surface area contributed by atoms with Gasteiger partial charge in [-0.15, -0.1) is 11.3 Å². The number of hydrogen-bond acceptors (Lipinski definition) is 5. The molecule has 1 saturated carbocycles. The van der Waals surface area contributed by atoms with E-state index in [9.17, 15) is 9.59 Å². The van der Waals surface area contributed by atoms with Gasteiger partial charge in [0.25, 0.3) is 5.91 Å². The second-order valence-corrected chi connectivity index (χ2v) is 8.63. The Labute approximate surface area is 153 Å². The molecule has 1 aromatic heterocycles. The second-order valence-electron chi connectivity index (χ2n) is 7.77. The van der Waals surface area contributed by atoms with Crippen LogP contribution in [0.2, 0.25) is 0 Å². The molecule has 0 atom stereocenters. The average molecular weight is 368 g/mol. The Kier molecular flexibility index (Phi) is 6.43. The number of hydrogen-bond donors (Lipinski definition) is 2. The lowest BCUT2D eigenvalue weighted by Gasteiger charge is -2.35. The Bertz CT molecular complexity index is 599. The van der Waals surface area contributed by atoms with Crippen LogP contribution in [0.4, 0.5) is 4.79 Å². The topological polar surface area (TPSA) is 80.3 Å². The SMILES string of the molecule is Cc1ncsc1C(=O)NCC1(NC(=O)OC(C)(C)C)CCCCCC1. The summed E-state index contributed by atoms with van der Waals surface area (Å²) < 4.78 is 5.43. The first-order valence-electron chi connectivity index (χ1n) is 8.90. The number of rotatable bonds is 4. The van der Waals surface area contributed by atoms with Crippen LogP contribution in [0.3, 0.4) is 0 Å². The van der Waals surface area contributed by atoms with Crippen LogP contribution in [0.5, 0.6) is 0 Å². The average Bonchev–Trinajstić information content (AvgIpc) is 2.79. The number of nitrogens with zero attached hydrogens (tertiary/aromatic N) is 1. The molecule has 0 aromatic carbocycles. The Morgan fingerprint density at radius 3 is 2.40 bits per heavy atom. The molecule has 0 bridgehead atoms. The van der Waals surface area contributed by atoms with E-state index in [0.717, 1.165) is 44.2 Å². The Morgan fingerprint density at radius 1 is 1.24 bits per heavy atom. The highest BCUT2D eigenvalue weighted by Gasteiger charge is 2.35. The van der Waals surface area contributed by atoms with Crippen LogP contribution in [-0.4, -0.2) is 34.7 Å². The summed E-state index contributed by atoms with van der Waals surface area (Å²) >= 11 is 1.33. The third-order valence-electron chi connectivity index (χ3n) is 4.37. The Balaban J connectivity index is 2.05. The summed E-state index contributed by atoms with van der Waals surface area (Å²) in [5.41, 5.74) is 1.41. The molecule has 1 fully saturated rings. The molecule has 0 radical (unpaired) electrons. The fourth-order valence-electron chi connectivity index (χ4n) is 3.12. The van der Waals surface area contributed by atoms with Gasteiger partial charge in [-0.05, 0) is 40.5 Å². The van der Waals surface area contributed by atoms with Crippen LogP contribution >= 0.6 is 11.3 Å². The summed E-state index contributed by atoms with van der Waals surface area (Å²) in [6, 6.07) is 0. The highest BCUT2D eigenvalue weighted by atomic mass is 32.1. The highest BCUT2D eigenvalue weighted by Crippen LogP contribution is 2.27. The van der Waals surface area contributed by atoms with Crippen LogP contribution in [0, 0.1) is 6.92 Å². The van der Waals surface area contributed by atoms with Gasteiger partial charge in [0.2, 0.25) is 0 Å².